The lowest BCUT2D eigenvalue weighted by Crippen LogP contribution is -2.17. The Balaban J connectivity index is 2.48. The zero-order valence-electron chi connectivity index (χ0n) is 10.6. The van der Waals surface area contributed by atoms with Gasteiger partial charge in [-0.2, -0.15) is 0 Å². The second-order valence-corrected chi connectivity index (χ2v) is 5.65. The molecule has 0 saturated heterocycles. The van der Waals surface area contributed by atoms with E-state index in [2.05, 4.69) is 33.4 Å². The predicted molar refractivity (Wildman–Crippen MR) is 78.2 cm³/mol. The SMILES string of the molecule is CNC(c1cc(Cl)cc(Br)c1)c1cc(C)oc1C. The van der Waals surface area contributed by atoms with Crippen LogP contribution in [0, 0.1) is 13.8 Å². The van der Waals surface area contributed by atoms with E-state index in [1.54, 1.807) is 0 Å². The van der Waals surface area contributed by atoms with E-state index in [1.165, 1.54) is 0 Å². The van der Waals surface area contributed by atoms with Gasteiger partial charge in [0.2, 0.25) is 0 Å². The third-order valence-electron chi connectivity index (χ3n) is 2.90. The lowest BCUT2D eigenvalue weighted by Gasteiger charge is -2.16. The molecule has 4 heteroatoms. The van der Waals surface area contributed by atoms with Crippen LogP contribution in [0.1, 0.15) is 28.7 Å². The molecule has 0 radical (unpaired) electrons. The lowest BCUT2D eigenvalue weighted by atomic mass is 9.99. The second-order valence-electron chi connectivity index (χ2n) is 4.29. The Morgan fingerprint density at radius 3 is 2.44 bits per heavy atom. The highest BCUT2D eigenvalue weighted by Gasteiger charge is 2.18. The molecule has 2 nitrogen and oxygen atoms in total. The summed E-state index contributed by atoms with van der Waals surface area (Å²) in [5, 5.41) is 4.02. The summed E-state index contributed by atoms with van der Waals surface area (Å²) >= 11 is 9.57. The minimum atomic E-state index is 0.0810. The Bertz CT molecular complexity index is 545. The Kier molecular flexibility index (Phi) is 4.15. The van der Waals surface area contributed by atoms with E-state index in [0.29, 0.717) is 0 Å². The van der Waals surface area contributed by atoms with Crippen molar-refractivity contribution in [2.24, 2.45) is 0 Å². The van der Waals surface area contributed by atoms with Gasteiger partial charge in [-0.05, 0) is 50.7 Å². The first-order valence-corrected chi connectivity index (χ1v) is 6.88. The molecular weight excluding hydrogens is 314 g/mol. The summed E-state index contributed by atoms with van der Waals surface area (Å²) < 4.78 is 6.57. The third-order valence-corrected chi connectivity index (χ3v) is 3.57. The Hall–Kier alpha value is -0.770. The van der Waals surface area contributed by atoms with Gasteiger partial charge >= 0.3 is 0 Å². The molecular formula is C14H15BrClNO. The van der Waals surface area contributed by atoms with Gasteiger partial charge in [0.05, 0.1) is 6.04 Å². The van der Waals surface area contributed by atoms with Crippen LogP contribution < -0.4 is 5.32 Å². The van der Waals surface area contributed by atoms with Crippen molar-refractivity contribution in [3.63, 3.8) is 0 Å². The van der Waals surface area contributed by atoms with Crippen molar-refractivity contribution in [2.45, 2.75) is 19.9 Å². The van der Waals surface area contributed by atoms with Crippen LogP contribution in [0.25, 0.3) is 0 Å². The minimum absolute atomic E-state index is 0.0810. The summed E-state index contributed by atoms with van der Waals surface area (Å²) in [5.41, 5.74) is 2.25. The molecule has 1 atom stereocenters. The van der Waals surface area contributed by atoms with Crippen LogP contribution in [0.15, 0.2) is 33.2 Å². The molecule has 1 unspecified atom stereocenters. The van der Waals surface area contributed by atoms with Crippen molar-refractivity contribution in [3.8, 4) is 0 Å². The van der Waals surface area contributed by atoms with Crippen LogP contribution in [-0.2, 0) is 0 Å². The fourth-order valence-corrected chi connectivity index (χ4v) is 3.07. The molecule has 0 saturated carbocycles. The zero-order valence-corrected chi connectivity index (χ0v) is 12.9. The molecule has 1 aromatic carbocycles. The van der Waals surface area contributed by atoms with E-state index >= 15 is 0 Å². The van der Waals surface area contributed by atoms with Gasteiger partial charge in [-0.3, -0.25) is 0 Å². The van der Waals surface area contributed by atoms with E-state index < -0.39 is 0 Å². The minimum Gasteiger partial charge on any atom is -0.466 e. The van der Waals surface area contributed by atoms with Gasteiger partial charge in [0.25, 0.3) is 0 Å². The van der Waals surface area contributed by atoms with Crippen LogP contribution in [0.2, 0.25) is 5.02 Å². The van der Waals surface area contributed by atoms with Gasteiger partial charge < -0.3 is 9.73 Å². The van der Waals surface area contributed by atoms with Gasteiger partial charge in [0.15, 0.2) is 0 Å². The average molecular weight is 329 g/mol. The highest BCUT2D eigenvalue weighted by Crippen LogP contribution is 2.30. The van der Waals surface area contributed by atoms with E-state index in [9.17, 15) is 0 Å². The summed E-state index contributed by atoms with van der Waals surface area (Å²) in [7, 11) is 1.93. The molecule has 2 rings (SSSR count). The third kappa shape index (κ3) is 2.79. The quantitative estimate of drug-likeness (QED) is 0.889. The Morgan fingerprint density at radius 1 is 1.22 bits per heavy atom. The van der Waals surface area contributed by atoms with E-state index in [1.807, 2.05) is 33.0 Å². The number of hydrogen-bond donors (Lipinski definition) is 1. The number of benzene rings is 1. The molecule has 0 fully saturated rings. The normalized spacial score (nSPS) is 12.7. The van der Waals surface area contributed by atoms with Crippen LogP contribution in [-0.4, -0.2) is 7.05 Å². The largest absolute Gasteiger partial charge is 0.466 e. The molecule has 0 aliphatic carbocycles. The maximum atomic E-state index is 6.10. The average Bonchev–Trinajstić information content (AvgIpc) is 2.58. The van der Waals surface area contributed by atoms with Crippen molar-refractivity contribution in [1.82, 2.24) is 5.32 Å². The first-order chi connectivity index (χ1) is 8.51. The van der Waals surface area contributed by atoms with Crippen LogP contribution in [0.5, 0.6) is 0 Å². The van der Waals surface area contributed by atoms with Crippen molar-refractivity contribution in [3.05, 3.63) is 56.4 Å². The number of rotatable bonds is 3. The summed E-state index contributed by atoms with van der Waals surface area (Å²) in [5.74, 6) is 1.85. The van der Waals surface area contributed by atoms with Crippen molar-refractivity contribution >= 4 is 27.5 Å². The molecule has 2 aromatic rings. The molecule has 96 valence electrons. The molecule has 1 heterocycles. The monoisotopic (exact) mass is 327 g/mol. The molecule has 1 N–H and O–H groups in total. The summed E-state index contributed by atoms with van der Waals surface area (Å²) in [6, 6.07) is 8.05. The van der Waals surface area contributed by atoms with Gasteiger partial charge in [-0.25, -0.2) is 0 Å². The zero-order chi connectivity index (χ0) is 13.3. The summed E-state index contributed by atoms with van der Waals surface area (Å²) in [4.78, 5) is 0. The fraction of sp³-hybridized carbons (Fsp3) is 0.286. The van der Waals surface area contributed by atoms with Gasteiger partial charge in [-0.1, -0.05) is 27.5 Å². The number of nitrogens with one attached hydrogen (secondary N) is 1. The Morgan fingerprint density at radius 2 is 1.94 bits per heavy atom. The van der Waals surface area contributed by atoms with E-state index in [-0.39, 0.29) is 6.04 Å². The summed E-state index contributed by atoms with van der Waals surface area (Å²) in [6.07, 6.45) is 0. The molecule has 0 amide bonds. The fourth-order valence-electron chi connectivity index (χ4n) is 2.18. The molecule has 0 spiro atoms. The van der Waals surface area contributed by atoms with Gasteiger partial charge in [-0.15, -0.1) is 0 Å². The highest BCUT2D eigenvalue weighted by atomic mass is 79.9. The maximum Gasteiger partial charge on any atom is 0.106 e. The molecule has 18 heavy (non-hydrogen) atoms. The van der Waals surface area contributed by atoms with E-state index in [0.717, 1.165) is 32.1 Å². The lowest BCUT2D eigenvalue weighted by molar-refractivity contribution is 0.497. The van der Waals surface area contributed by atoms with Crippen LogP contribution in [0.4, 0.5) is 0 Å². The van der Waals surface area contributed by atoms with Gasteiger partial charge in [0, 0.05) is 15.1 Å². The molecule has 0 bridgehead atoms. The van der Waals surface area contributed by atoms with Crippen LogP contribution in [0.3, 0.4) is 0 Å². The summed E-state index contributed by atoms with van der Waals surface area (Å²) in [6.45, 7) is 3.93. The smallest absolute Gasteiger partial charge is 0.106 e. The number of furan rings is 1. The molecule has 0 aliphatic rings. The molecule has 0 aliphatic heterocycles. The first kappa shape index (κ1) is 13.7. The number of halogens is 2. The topological polar surface area (TPSA) is 25.2 Å². The predicted octanol–water partition coefficient (Wildman–Crippen LogP) is 4.62. The van der Waals surface area contributed by atoms with Gasteiger partial charge in [0.1, 0.15) is 11.5 Å². The molecule has 1 aromatic heterocycles. The van der Waals surface area contributed by atoms with Crippen molar-refractivity contribution < 1.29 is 4.42 Å². The second kappa shape index (κ2) is 5.47. The first-order valence-electron chi connectivity index (χ1n) is 5.71. The standard InChI is InChI=1S/C14H15BrClNO/c1-8-4-13(9(2)18-8)14(17-3)10-5-11(15)7-12(16)6-10/h4-7,14,17H,1-3H3. The highest BCUT2D eigenvalue weighted by molar-refractivity contribution is 9.10. The Labute approximate surface area is 120 Å². The van der Waals surface area contributed by atoms with Crippen molar-refractivity contribution in [2.75, 3.05) is 7.05 Å². The van der Waals surface area contributed by atoms with Crippen LogP contribution >= 0.6 is 27.5 Å². The number of aryl methyl sites for hydroxylation is 2. The maximum absolute atomic E-state index is 6.10. The number of hydrogen-bond acceptors (Lipinski definition) is 2. The van der Waals surface area contributed by atoms with Crippen molar-refractivity contribution in [1.29, 1.82) is 0 Å². The van der Waals surface area contributed by atoms with E-state index in [4.69, 9.17) is 16.0 Å².